The summed E-state index contributed by atoms with van der Waals surface area (Å²) < 4.78 is 10.9. The van der Waals surface area contributed by atoms with Crippen LogP contribution < -0.4 is 32.9 Å². The molecule has 0 heterocycles. The van der Waals surface area contributed by atoms with Gasteiger partial charge in [0, 0.05) is 13.0 Å². The Hall–Kier alpha value is -2.26. The summed E-state index contributed by atoms with van der Waals surface area (Å²) in [5, 5.41) is 4.07. The van der Waals surface area contributed by atoms with Crippen LogP contribution >= 0.6 is 7.26 Å². The first-order valence-corrected chi connectivity index (χ1v) is 31.7. The van der Waals surface area contributed by atoms with E-state index in [1.165, 1.54) is 241 Å². The van der Waals surface area contributed by atoms with Gasteiger partial charge in [0.05, 0.1) is 13.4 Å². The second-order valence-corrected chi connectivity index (χ2v) is 23.9. The summed E-state index contributed by atoms with van der Waals surface area (Å²) in [6.45, 7) is 9.11. The number of ether oxygens (including phenoxy) is 2. The van der Waals surface area contributed by atoms with Crippen LogP contribution in [0.5, 0.6) is 0 Å². The largest absolute Gasteiger partial charge is 1.00 e. The van der Waals surface area contributed by atoms with Crippen LogP contribution in [-0.4, -0.2) is 26.9 Å². The molecule has 71 heavy (non-hydrogen) atoms. The Kier molecular flexibility index (Phi) is 50.9. The lowest BCUT2D eigenvalue weighted by atomic mass is 9.94. The number of hydrogen-bond acceptors (Lipinski definition) is 3. The number of benzene rings is 3. The van der Waals surface area contributed by atoms with Gasteiger partial charge in [0.1, 0.15) is 29.5 Å². The minimum absolute atomic E-state index is 0. The van der Waals surface area contributed by atoms with Gasteiger partial charge in [-0.05, 0) is 74.1 Å². The fourth-order valence-electron chi connectivity index (χ4n) is 9.88. The highest BCUT2D eigenvalue weighted by Gasteiger charge is 2.45. The van der Waals surface area contributed by atoms with Gasteiger partial charge >= 0.3 is 0 Å². The second kappa shape index (κ2) is 52.6. The minimum Gasteiger partial charge on any atom is -1.00 e. The van der Waals surface area contributed by atoms with Crippen molar-refractivity contribution in [2.45, 2.75) is 259 Å². The molecule has 3 aromatic carbocycles. The van der Waals surface area contributed by atoms with Gasteiger partial charge in [-0.1, -0.05) is 288 Å². The van der Waals surface area contributed by atoms with E-state index in [9.17, 15) is 4.79 Å². The number of allylic oxidation sites excluding steroid dienone is 1. The highest BCUT2D eigenvalue weighted by molar-refractivity contribution is 7.95. The topological polar surface area (TPSA) is 35.5 Å². The number of rotatable bonds is 44. The highest BCUT2D eigenvalue weighted by Crippen LogP contribution is 2.55. The molecular weight excluding hydrogens is 952 g/mol. The van der Waals surface area contributed by atoms with E-state index in [0.717, 1.165) is 18.8 Å². The Balaban J connectivity index is 0.00000103. The van der Waals surface area contributed by atoms with E-state index < -0.39 is 7.26 Å². The molecule has 5 heteroatoms. The molecule has 3 nitrogen and oxygen atoms in total. The maximum absolute atomic E-state index is 11.1. The first kappa shape index (κ1) is 68.7. The number of halogens is 1. The molecular formula is C66H112BrO3P. The summed E-state index contributed by atoms with van der Waals surface area (Å²) in [4.78, 5) is 11.1. The molecule has 0 aliphatic carbocycles. The van der Waals surface area contributed by atoms with Gasteiger partial charge in [0.15, 0.2) is 6.35 Å². The molecule has 0 radical (unpaired) electrons. The SMILES string of the molecule is CCCCCCCCCCCCC[C@H](/C=C/OC)CCCCCCC.CCCCCCCCCCCCC[C@H](C=O)CCCCCCC.COC[P+](c1ccccc1)(c1ccccc1)c1ccccc1.[Br-]. The van der Waals surface area contributed by atoms with Crippen molar-refractivity contribution in [2.24, 2.45) is 11.8 Å². The van der Waals surface area contributed by atoms with Crippen molar-refractivity contribution in [2.75, 3.05) is 20.6 Å². The van der Waals surface area contributed by atoms with Gasteiger partial charge in [-0.25, -0.2) is 0 Å². The van der Waals surface area contributed by atoms with E-state index in [2.05, 4.69) is 125 Å². The van der Waals surface area contributed by atoms with E-state index in [1.54, 1.807) is 14.2 Å². The van der Waals surface area contributed by atoms with Crippen LogP contribution in [0.1, 0.15) is 259 Å². The Morgan fingerprint density at radius 1 is 0.380 bits per heavy atom. The molecule has 0 saturated heterocycles. The van der Waals surface area contributed by atoms with Crippen LogP contribution in [-0.2, 0) is 14.3 Å². The minimum atomic E-state index is -1.78. The molecule has 0 aromatic heterocycles. The van der Waals surface area contributed by atoms with Gasteiger partial charge in [0.25, 0.3) is 0 Å². The number of unbranched alkanes of at least 4 members (excludes halogenated alkanes) is 28. The van der Waals surface area contributed by atoms with Crippen LogP contribution in [0.15, 0.2) is 103 Å². The predicted molar refractivity (Wildman–Crippen MR) is 315 cm³/mol. The van der Waals surface area contributed by atoms with E-state index >= 15 is 0 Å². The Labute approximate surface area is 452 Å². The zero-order valence-electron chi connectivity index (χ0n) is 47.3. The summed E-state index contributed by atoms with van der Waals surface area (Å²) in [5.41, 5.74) is 0. The Morgan fingerprint density at radius 2 is 0.634 bits per heavy atom. The van der Waals surface area contributed by atoms with E-state index in [-0.39, 0.29) is 17.0 Å². The van der Waals surface area contributed by atoms with Crippen molar-refractivity contribution in [3.05, 3.63) is 103 Å². The van der Waals surface area contributed by atoms with Crippen molar-refractivity contribution in [1.29, 1.82) is 0 Å². The molecule has 406 valence electrons. The molecule has 3 rings (SSSR count). The number of hydrogen-bond donors (Lipinski definition) is 0. The highest BCUT2D eigenvalue weighted by atomic mass is 79.9. The molecule has 0 aliphatic rings. The molecule has 0 amide bonds. The first-order chi connectivity index (χ1) is 34.6. The third-order valence-electron chi connectivity index (χ3n) is 14.3. The third-order valence-corrected chi connectivity index (χ3v) is 18.5. The normalized spacial score (nSPS) is 12.0. The second-order valence-electron chi connectivity index (χ2n) is 20.5. The van der Waals surface area contributed by atoms with Gasteiger partial charge in [-0.3, -0.25) is 0 Å². The zero-order valence-corrected chi connectivity index (χ0v) is 49.7. The van der Waals surface area contributed by atoms with Crippen LogP contribution in [0.4, 0.5) is 0 Å². The number of carbonyl (C=O) groups excluding carboxylic acids is 1. The molecule has 0 spiro atoms. The van der Waals surface area contributed by atoms with Gasteiger partial charge in [-0.15, -0.1) is 0 Å². The van der Waals surface area contributed by atoms with Crippen molar-refractivity contribution in [3.63, 3.8) is 0 Å². The maximum atomic E-state index is 11.1. The molecule has 0 saturated carbocycles. The van der Waals surface area contributed by atoms with Crippen molar-refractivity contribution in [3.8, 4) is 0 Å². The molecule has 0 bridgehead atoms. The zero-order chi connectivity index (χ0) is 50.7. The maximum Gasteiger partial charge on any atom is 0.170 e. The number of methoxy groups -OCH3 is 2. The van der Waals surface area contributed by atoms with Crippen molar-refractivity contribution in [1.82, 2.24) is 0 Å². The molecule has 2 atom stereocenters. The lowest BCUT2D eigenvalue weighted by Crippen LogP contribution is -3.00. The summed E-state index contributed by atoms with van der Waals surface area (Å²) in [5.74, 6) is 1.08. The fourth-order valence-corrected chi connectivity index (χ4v) is 13.7. The van der Waals surface area contributed by atoms with Gasteiger partial charge in [0.2, 0.25) is 0 Å². The van der Waals surface area contributed by atoms with Crippen LogP contribution in [0, 0.1) is 11.8 Å². The smallest absolute Gasteiger partial charge is 0.170 e. The van der Waals surface area contributed by atoms with Gasteiger partial charge in [-0.2, -0.15) is 0 Å². The quantitative estimate of drug-likeness (QED) is 0.0245. The third kappa shape index (κ3) is 36.4. The van der Waals surface area contributed by atoms with Crippen molar-refractivity contribution < 1.29 is 31.2 Å². The van der Waals surface area contributed by atoms with Crippen molar-refractivity contribution >= 4 is 29.5 Å². The van der Waals surface area contributed by atoms with Crippen LogP contribution in [0.3, 0.4) is 0 Å². The Morgan fingerprint density at radius 3 is 0.873 bits per heavy atom. The summed E-state index contributed by atoms with van der Waals surface area (Å²) in [7, 11) is 1.78. The average molecular weight is 1060 g/mol. The fraction of sp³-hybridized carbons (Fsp3) is 0.682. The average Bonchev–Trinajstić information content (AvgIpc) is 3.40. The number of aldehydes is 1. The Bertz CT molecular complexity index is 1420. The number of carbonyl (C=O) groups is 1. The van der Waals surface area contributed by atoms with Crippen LogP contribution in [0.25, 0.3) is 0 Å². The molecule has 0 unspecified atom stereocenters. The molecule has 0 N–H and O–H groups in total. The van der Waals surface area contributed by atoms with E-state index in [1.807, 2.05) is 6.26 Å². The summed E-state index contributed by atoms with van der Waals surface area (Å²) in [6.07, 6.45) is 55.6. The molecule has 3 aromatic rings. The van der Waals surface area contributed by atoms with Crippen LogP contribution in [0.2, 0.25) is 0 Å². The molecule has 0 aliphatic heterocycles. The lowest BCUT2D eigenvalue weighted by molar-refractivity contribution is -0.111. The van der Waals surface area contributed by atoms with E-state index in [0.29, 0.717) is 12.3 Å². The summed E-state index contributed by atoms with van der Waals surface area (Å²) in [6, 6.07) is 32.3. The predicted octanol–water partition coefficient (Wildman–Crippen LogP) is 17.3. The first-order valence-electron chi connectivity index (χ1n) is 29.8. The molecule has 0 fully saturated rings. The monoisotopic (exact) mass is 1060 g/mol. The van der Waals surface area contributed by atoms with E-state index in [4.69, 9.17) is 9.47 Å². The van der Waals surface area contributed by atoms with Gasteiger partial charge < -0.3 is 31.2 Å². The lowest BCUT2D eigenvalue weighted by Gasteiger charge is -2.26. The standard InChI is InChI=1S/C24H48O.C22H44O.C20H20OP.BrH/c1-4-6-8-10-11-12-13-14-15-17-19-21-24(22-23-25-3)20-18-16-9-7-5-2;1-3-5-7-9-10-11-12-13-14-16-18-20-22(21-23)19-17-15-8-6-4-2;1-21-17-22(18-11-5-2-6-12-18,19-13-7-3-8-14-19)20-15-9-4-10-16-20;/h22-24H,4-21H2,1-3H3;21-22H,3-20H2,1-2H3;2-16H,17H2,1H3;1H/q;;+1;/p-1/b23-22+;;;/t24-;22-;;/m11../s1. The summed E-state index contributed by atoms with van der Waals surface area (Å²) >= 11 is 0.